The highest BCUT2D eigenvalue weighted by molar-refractivity contribution is 8.26. The Morgan fingerprint density at radius 3 is 2.54 bits per heavy atom. The van der Waals surface area contributed by atoms with Gasteiger partial charge in [-0.15, -0.1) is 0 Å². The molecular formula is C27H36N4O2S2. The van der Waals surface area contributed by atoms with Gasteiger partial charge in [-0.1, -0.05) is 82.9 Å². The lowest BCUT2D eigenvalue weighted by atomic mass is 9.91. The first-order chi connectivity index (χ1) is 16.9. The van der Waals surface area contributed by atoms with Crippen molar-refractivity contribution in [2.75, 3.05) is 24.5 Å². The van der Waals surface area contributed by atoms with E-state index in [0.29, 0.717) is 44.6 Å². The number of rotatable bonds is 9. The van der Waals surface area contributed by atoms with Crippen molar-refractivity contribution in [2.24, 2.45) is 11.8 Å². The number of aromatic nitrogens is 2. The highest BCUT2D eigenvalue weighted by atomic mass is 32.2. The second-order valence-corrected chi connectivity index (χ2v) is 11.7. The molecule has 0 aromatic carbocycles. The number of thioether (sulfide) groups is 1. The molecule has 1 amide bonds. The third-order valence-electron chi connectivity index (χ3n) is 6.80. The summed E-state index contributed by atoms with van der Waals surface area (Å²) in [5.41, 5.74) is 0.930. The van der Waals surface area contributed by atoms with E-state index in [1.807, 2.05) is 18.2 Å². The van der Waals surface area contributed by atoms with Crippen molar-refractivity contribution in [1.29, 1.82) is 0 Å². The number of nitrogens with zero attached hydrogens (tertiary/aromatic N) is 4. The Morgan fingerprint density at radius 2 is 1.80 bits per heavy atom. The Labute approximate surface area is 217 Å². The topological polar surface area (TPSA) is 57.9 Å². The number of unbranched alkanes of at least 4 members (excludes halogenated alkanes) is 5. The Hall–Kier alpha value is -2.19. The van der Waals surface area contributed by atoms with Gasteiger partial charge in [0.1, 0.15) is 15.8 Å². The van der Waals surface area contributed by atoms with E-state index in [9.17, 15) is 9.59 Å². The fourth-order valence-electron chi connectivity index (χ4n) is 5.17. The number of piperidine rings is 1. The van der Waals surface area contributed by atoms with Crippen LogP contribution in [0.2, 0.25) is 0 Å². The van der Waals surface area contributed by atoms with Crippen LogP contribution < -0.4 is 10.5 Å². The molecule has 2 saturated heterocycles. The van der Waals surface area contributed by atoms with E-state index in [1.165, 1.54) is 37.4 Å². The lowest BCUT2D eigenvalue weighted by Crippen LogP contribution is -2.40. The average molecular weight is 513 g/mol. The standard InChI is InChI=1S/C27H36N4O2S2/c1-4-5-6-7-8-10-14-31-26(33)22(35-27(31)34)16-21-24(29-17-19(2)15-20(3)18-29)28-23-12-9-11-13-30(23)25(21)32/h9,11-13,16,19-20H,4-8,10,14-15,17-18H2,1-3H3/b22-16+. The zero-order valence-corrected chi connectivity index (χ0v) is 22.7. The van der Waals surface area contributed by atoms with Gasteiger partial charge >= 0.3 is 0 Å². The molecule has 8 heteroatoms. The number of hydrogen-bond acceptors (Lipinski definition) is 6. The summed E-state index contributed by atoms with van der Waals surface area (Å²) >= 11 is 6.84. The fraction of sp³-hybridized carbons (Fsp3) is 0.556. The summed E-state index contributed by atoms with van der Waals surface area (Å²) in [7, 11) is 0. The molecule has 0 saturated carbocycles. The summed E-state index contributed by atoms with van der Waals surface area (Å²) in [5, 5.41) is 0. The molecule has 188 valence electrons. The highest BCUT2D eigenvalue weighted by Gasteiger charge is 2.33. The third-order valence-corrected chi connectivity index (χ3v) is 8.18. The van der Waals surface area contributed by atoms with Crippen molar-refractivity contribution in [3.8, 4) is 0 Å². The molecule has 0 N–H and O–H groups in total. The largest absolute Gasteiger partial charge is 0.355 e. The number of amides is 1. The maximum atomic E-state index is 13.6. The molecule has 6 nitrogen and oxygen atoms in total. The van der Waals surface area contributed by atoms with Crippen LogP contribution in [0, 0.1) is 11.8 Å². The van der Waals surface area contributed by atoms with Crippen LogP contribution in [0.3, 0.4) is 0 Å². The molecule has 2 aromatic rings. The molecule has 2 atom stereocenters. The highest BCUT2D eigenvalue weighted by Crippen LogP contribution is 2.34. The van der Waals surface area contributed by atoms with E-state index in [2.05, 4.69) is 25.7 Å². The summed E-state index contributed by atoms with van der Waals surface area (Å²) in [6.45, 7) is 9.02. The zero-order valence-electron chi connectivity index (χ0n) is 21.0. The second kappa shape index (κ2) is 11.7. The molecule has 4 heterocycles. The summed E-state index contributed by atoms with van der Waals surface area (Å²) in [5.74, 6) is 1.59. The van der Waals surface area contributed by atoms with Crippen LogP contribution in [-0.4, -0.2) is 44.1 Å². The Kier molecular flexibility index (Phi) is 8.65. The molecule has 2 aliphatic rings. The third kappa shape index (κ3) is 5.97. The Morgan fingerprint density at radius 1 is 1.09 bits per heavy atom. The van der Waals surface area contributed by atoms with Crippen molar-refractivity contribution in [3.63, 3.8) is 0 Å². The normalized spacial score (nSPS) is 22.1. The van der Waals surface area contributed by atoms with Crippen LogP contribution in [0.25, 0.3) is 11.7 Å². The minimum Gasteiger partial charge on any atom is -0.355 e. The monoisotopic (exact) mass is 512 g/mol. The van der Waals surface area contributed by atoms with E-state index in [0.717, 1.165) is 32.4 Å². The van der Waals surface area contributed by atoms with Crippen LogP contribution >= 0.6 is 24.0 Å². The number of carbonyl (C=O) groups is 1. The van der Waals surface area contributed by atoms with Crippen molar-refractivity contribution in [1.82, 2.24) is 14.3 Å². The molecule has 2 aromatic heterocycles. The first-order valence-corrected chi connectivity index (χ1v) is 14.1. The van der Waals surface area contributed by atoms with Crippen molar-refractivity contribution < 1.29 is 4.79 Å². The van der Waals surface area contributed by atoms with E-state index >= 15 is 0 Å². The summed E-state index contributed by atoms with van der Waals surface area (Å²) < 4.78 is 2.13. The minimum atomic E-state index is -0.155. The Balaban J connectivity index is 1.63. The van der Waals surface area contributed by atoms with Crippen LogP contribution in [-0.2, 0) is 4.79 Å². The smallest absolute Gasteiger partial charge is 0.267 e. The maximum Gasteiger partial charge on any atom is 0.267 e. The first-order valence-electron chi connectivity index (χ1n) is 12.9. The first kappa shape index (κ1) is 25.9. The van der Waals surface area contributed by atoms with Crippen LogP contribution in [0.5, 0.6) is 0 Å². The van der Waals surface area contributed by atoms with Gasteiger partial charge in [0.05, 0.1) is 10.5 Å². The molecule has 0 radical (unpaired) electrons. The van der Waals surface area contributed by atoms with Crippen molar-refractivity contribution in [2.45, 2.75) is 65.7 Å². The van der Waals surface area contributed by atoms with E-state index in [-0.39, 0.29) is 11.5 Å². The van der Waals surface area contributed by atoms with Gasteiger partial charge in [-0.25, -0.2) is 4.98 Å². The fourth-order valence-corrected chi connectivity index (χ4v) is 6.46. The van der Waals surface area contributed by atoms with E-state index in [1.54, 1.807) is 21.6 Å². The number of pyridine rings is 1. The van der Waals surface area contributed by atoms with Gasteiger partial charge in [-0.05, 0) is 42.9 Å². The summed E-state index contributed by atoms with van der Waals surface area (Å²) in [6, 6.07) is 5.57. The minimum absolute atomic E-state index is 0.0996. The second-order valence-electron chi connectivity index (χ2n) is 10.0. The van der Waals surface area contributed by atoms with Gasteiger partial charge in [-0.3, -0.25) is 18.9 Å². The lowest BCUT2D eigenvalue weighted by Gasteiger charge is -2.36. The molecule has 35 heavy (non-hydrogen) atoms. The lowest BCUT2D eigenvalue weighted by molar-refractivity contribution is -0.122. The zero-order chi connectivity index (χ0) is 24.9. The number of fused-ring (bicyclic) bond motifs is 1. The van der Waals surface area contributed by atoms with Gasteiger partial charge in [0.15, 0.2) is 0 Å². The predicted molar refractivity (Wildman–Crippen MR) is 150 cm³/mol. The summed E-state index contributed by atoms with van der Waals surface area (Å²) in [4.78, 5) is 36.2. The van der Waals surface area contributed by atoms with Crippen LogP contribution in [0.1, 0.15) is 71.3 Å². The average Bonchev–Trinajstić information content (AvgIpc) is 3.09. The SMILES string of the molecule is CCCCCCCCN1C(=O)/C(=C\c2c(N3CC(C)CC(C)C3)nc3ccccn3c2=O)SC1=S. The number of anilines is 1. The van der Waals surface area contributed by atoms with Gasteiger partial charge in [0, 0.05) is 25.8 Å². The maximum absolute atomic E-state index is 13.6. The molecule has 2 unspecified atom stereocenters. The number of hydrogen-bond donors (Lipinski definition) is 0. The molecule has 2 aliphatic heterocycles. The van der Waals surface area contributed by atoms with E-state index in [4.69, 9.17) is 17.2 Å². The van der Waals surface area contributed by atoms with Gasteiger partial charge in [0.25, 0.3) is 11.5 Å². The molecule has 0 aliphatic carbocycles. The summed E-state index contributed by atoms with van der Waals surface area (Å²) in [6.07, 6.45) is 11.6. The number of carbonyl (C=O) groups excluding carboxylic acids is 1. The predicted octanol–water partition coefficient (Wildman–Crippen LogP) is 5.74. The molecule has 2 fully saturated rings. The molecule has 4 rings (SSSR count). The molecule has 0 spiro atoms. The molecular weight excluding hydrogens is 476 g/mol. The van der Waals surface area contributed by atoms with Gasteiger partial charge in [0.2, 0.25) is 0 Å². The van der Waals surface area contributed by atoms with Crippen molar-refractivity contribution >= 4 is 51.7 Å². The van der Waals surface area contributed by atoms with Gasteiger partial charge < -0.3 is 4.90 Å². The van der Waals surface area contributed by atoms with Crippen LogP contribution in [0.15, 0.2) is 34.1 Å². The van der Waals surface area contributed by atoms with E-state index < -0.39 is 0 Å². The van der Waals surface area contributed by atoms with Gasteiger partial charge in [-0.2, -0.15) is 0 Å². The quantitative estimate of drug-likeness (QED) is 0.243. The Bertz CT molecular complexity index is 1170. The number of thiocarbonyl (C=S) groups is 1. The van der Waals surface area contributed by atoms with Crippen LogP contribution in [0.4, 0.5) is 5.82 Å². The molecule has 0 bridgehead atoms. The van der Waals surface area contributed by atoms with Crippen molar-refractivity contribution in [3.05, 3.63) is 45.2 Å².